The second-order valence-corrected chi connectivity index (χ2v) is 7.32. The van der Waals surface area contributed by atoms with Crippen LogP contribution in [0.2, 0.25) is 0 Å². The summed E-state index contributed by atoms with van der Waals surface area (Å²) in [6, 6.07) is 0. The lowest BCUT2D eigenvalue weighted by Crippen LogP contribution is -2.50. The molecule has 1 aliphatic heterocycles. The summed E-state index contributed by atoms with van der Waals surface area (Å²) in [6.45, 7) is 7.14. The van der Waals surface area contributed by atoms with Crippen molar-refractivity contribution in [3.63, 3.8) is 0 Å². The molecule has 0 aromatic carbocycles. The van der Waals surface area contributed by atoms with E-state index < -0.39 is 0 Å². The molecule has 5 heteroatoms. The summed E-state index contributed by atoms with van der Waals surface area (Å²) in [5.74, 6) is 1.12. The van der Waals surface area contributed by atoms with Crippen molar-refractivity contribution in [2.24, 2.45) is 10.4 Å². The Hall–Kier alpha value is -0.0400. The fraction of sp³-hybridized carbons (Fsp3) is 0.947. The number of likely N-dealkylation sites (tertiary alicyclic amines) is 1. The minimum absolute atomic E-state index is 0. The number of piperidine rings is 1. The van der Waals surface area contributed by atoms with Crippen LogP contribution in [-0.4, -0.2) is 50.8 Å². The van der Waals surface area contributed by atoms with Crippen molar-refractivity contribution < 1.29 is 4.74 Å². The molecule has 4 nitrogen and oxygen atoms in total. The first-order valence-corrected chi connectivity index (χ1v) is 9.83. The number of nitrogens with one attached hydrogen (secondary N) is 1. The van der Waals surface area contributed by atoms with Crippen LogP contribution < -0.4 is 5.32 Å². The molecule has 1 saturated carbocycles. The molecule has 0 aromatic rings. The summed E-state index contributed by atoms with van der Waals surface area (Å²) in [5, 5.41) is 3.57. The van der Waals surface area contributed by atoms with E-state index in [1.807, 2.05) is 7.05 Å². The molecule has 142 valence electrons. The van der Waals surface area contributed by atoms with Crippen LogP contribution in [0, 0.1) is 5.41 Å². The van der Waals surface area contributed by atoms with Gasteiger partial charge in [-0.25, -0.2) is 0 Å². The van der Waals surface area contributed by atoms with Crippen LogP contribution >= 0.6 is 24.0 Å². The zero-order valence-electron chi connectivity index (χ0n) is 15.8. The van der Waals surface area contributed by atoms with Gasteiger partial charge in [0.05, 0.1) is 0 Å². The van der Waals surface area contributed by atoms with E-state index in [1.165, 1.54) is 64.5 Å². The number of aliphatic imine (C=N–C) groups is 1. The van der Waals surface area contributed by atoms with Crippen LogP contribution in [0.25, 0.3) is 0 Å². The normalized spacial score (nSPS) is 21.2. The molecule has 0 bridgehead atoms. The van der Waals surface area contributed by atoms with E-state index in [0.717, 1.165) is 38.6 Å². The van der Waals surface area contributed by atoms with E-state index in [-0.39, 0.29) is 24.0 Å². The molecule has 2 rings (SSSR count). The molecule has 2 aliphatic rings. The van der Waals surface area contributed by atoms with Crippen LogP contribution in [0.3, 0.4) is 0 Å². The lowest BCUT2D eigenvalue weighted by Gasteiger charge is -2.44. The van der Waals surface area contributed by atoms with E-state index >= 15 is 0 Å². The Morgan fingerprint density at radius 3 is 2.46 bits per heavy atom. The minimum atomic E-state index is 0. The molecule has 0 aromatic heterocycles. The highest BCUT2D eigenvalue weighted by atomic mass is 127. The number of halogens is 1. The van der Waals surface area contributed by atoms with E-state index in [0.29, 0.717) is 5.41 Å². The smallest absolute Gasteiger partial charge is 0.193 e. The molecule has 1 heterocycles. The maximum atomic E-state index is 5.40. The fourth-order valence-electron chi connectivity index (χ4n) is 4.28. The molecular formula is C19H38IN3O. The molecule has 0 radical (unpaired) electrons. The maximum absolute atomic E-state index is 5.40. The van der Waals surface area contributed by atoms with Gasteiger partial charge in [-0.3, -0.25) is 4.99 Å². The topological polar surface area (TPSA) is 36.9 Å². The third-order valence-corrected chi connectivity index (χ3v) is 5.54. The molecule has 0 atom stereocenters. The molecule has 0 unspecified atom stereocenters. The van der Waals surface area contributed by atoms with Crippen molar-refractivity contribution in [2.45, 2.75) is 71.1 Å². The van der Waals surface area contributed by atoms with Crippen molar-refractivity contribution in [3.8, 4) is 0 Å². The summed E-state index contributed by atoms with van der Waals surface area (Å²) in [6.07, 6.45) is 13.6. The van der Waals surface area contributed by atoms with Crippen LogP contribution in [0.5, 0.6) is 0 Å². The van der Waals surface area contributed by atoms with Gasteiger partial charge >= 0.3 is 0 Å². The summed E-state index contributed by atoms with van der Waals surface area (Å²) < 4.78 is 5.40. The Morgan fingerprint density at radius 2 is 1.79 bits per heavy atom. The van der Waals surface area contributed by atoms with Crippen LogP contribution in [0.15, 0.2) is 4.99 Å². The van der Waals surface area contributed by atoms with Crippen LogP contribution in [0.4, 0.5) is 0 Å². The minimum Gasteiger partial charge on any atom is -0.382 e. The zero-order chi connectivity index (χ0) is 16.4. The third-order valence-electron chi connectivity index (χ3n) is 5.54. The van der Waals surface area contributed by atoms with Crippen molar-refractivity contribution in [1.82, 2.24) is 10.2 Å². The monoisotopic (exact) mass is 451 g/mol. The number of ether oxygens (including phenoxy) is 1. The molecule has 1 spiro atoms. The summed E-state index contributed by atoms with van der Waals surface area (Å²) in [7, 11) is 1.93. The van der Waals surface area contributed by atoms with Gasteiger partial charge in [-0.05, 0) is 50.9 Å². The van der Waals surface area contributed by atoms with E-state index in [4.69, 9.17) is 4.74 Å². The second-order valence-electron chi connectivity index (χ2n) is 7.32. The van der Waals surface area contributed by atoms with Gasteiger partial charge in [0.2, 0.25) is 0 Å². The lowest BCUT2D eigenvalue weighted by atomic mass is 9.74. The molecular weight excluding hydrogens is 413 g/mol. The summed E-state index contributed by atoms with van der Waals surface area (Å²) in [5.41, 5.74) is 0.571. The van der Waals surface area contributed by atoms with E-state index in [9.17, 15) is 0 Å². The highest BCUT2D eigenvalue weighted by molar-refractivity contribution is 14.0. The van der Waals surface area contributed by atoms with Gasteiger partial charge in [-0.15, -0.1) is 24.0 Å². The van der Waals surface area contributed by atoms with Crippen LogP contribution in [-0.2, 0) is 4.74 Å². The molecule has 2 fully saturated rings. The standard InChI is InChI=1S/C19H37N3O.HI/c1-3-23-16-9-8-14-21-18(20-2)22-15-10-13-19(17-22)11-6-4-5-7-12-19;/h3-17H2,1-2H3,(H,20,21);1H. The first kappa shape index (κ1) is 22.0. The SMILES string of the molecule is CCOCCCCNC(=NC)N1CCCC2(CCCCCC2)C1.I. The van der Waals surface area contributed by atoms with Gasteiger partial charge in [0.15, 0.2) is 5.96 Å². The number of rotatable bonds is 6. The number of nitrogens with zero attached hydrogens (tertiary/aromatic N) is 2. The molecule has 1 saturated heterocycles. The fourth-order valence-corrected chi connectivity index (χ4v) is 4.28. The Bertz CT molecular complexity index is 355. The third kappa shape index (κ3) is 7.06. The van der Waals surface area contributed by atoms with Gasteiger partial charge in [0.25, 0.3) is 0 Å². The Morgan fingerprint density at radius 1 is 1.08 bits per heavy atom. The Labute approximate surface area is 166 Å². The first-order valence-electron chi connectivity index (χ1n) is 9.83. The van der Waals surface area contributed by atoms with Gasteiger partial charge < -0.3 is 15.0 Å². The number of unbranched alkanes of at least 4 members (excludes halogenated alkanes) is 1. The zero-order valence-corrected chi connectivity index (χ0v) is 18.1. The van der Waals surface area contributed by atoms with Gasteiger partial charge in [-0.1, -0.05) is 25.7 Å². The van der Waals surface area contributed by atoms with Crippen molar-refractivity contribution in [2.75, 3.05) is 39.9 Å². The van der Waals surface area contributed by atoms with Gasteiger partial charge in [0.1, 0.15) is 0 Å². The van der Waals surface area contributed by atoms with Gasteiger partial charge in [-0.2, -0.15) is 0 Å². The van der Waals surface area contributed by atoms with E-state index in [2.05, 4.69) is 22.1 Å². The number of guanidine groups is 1. The quantitative estimate of drug-likeness (QED) is 0.281. The highest BCUT2D eigenvalue weighted by Crippen LogP contribution is 2.42. The predicted octanol–water partition coefficient (Wildman–Crippen LogP) is 4.43. The van der Waals surface area contributed by atoms with Crippen molar-refractivity contribution >= 4 is 29.9 Å². The lowest BCUT2D eigenvalue weighted by molar-refractivity contribution is 0.115. The summed E-state index contributed by atoms with van der Waals surface area (Å²) >= 11 is 0. The average Bonchev–Trinajstić information content (AvgIpc) is 2.80. The molecule has 1 aliphatic carbocycles. The van der Waals surface area contributed by atoms with Crippen molar-refractivity contribution in [3.05, 3.63) is 0 Å². The second kappa shape index (κ2) is 12.3. The van der Waals surface area contributed by atoms with E-state index in [1.54, 1.807) is 0 Å². The predicted molar refractivity (Wildman–Crippen MR) is 113 cm³/mol. The Balaban J connectivity index is 0.00000288. The first-order chi connectivity index (χ1) is 11.3. The maximum Gasteiger partial charge on any atom is 0.193 e. The largest absolute Gasteiger partial charge is 0.382 e. The van der Waals surface area contributed by atoms with Crippen LogP contribution in [0.1, 0.15) is 71.1 Å². The molecule has 0 amide bonds. The summed E-state index contributed by atoms with van der Waals surface area (Å²) in [4.78, 5) is 7.07. The highest BCUT2D eigenvalue weighted by Gasteiger charge is 2.36. The number of hydrogen-bond acceptors (Lipinski definition) is 2. The Kier molecular flexibility index (Phi) is 11.3. The van der Waals surface area contributed by atoms with Gasteiger partial charge in [0, 0.05) is 39.9 Å². The molecule has 24 heavy (non-hydrogen) atoms. The average molecular weight is 451 g/mol. The molecule has 1 N–H and O–H groups in total. The number of hydrogen-bond donors (Lipinski definition) is 1. The van der Waals surface area contributed by atoms with Crippen molar-refractivity contribution in [1.29, 1.82) is 0 Å².